The van der Waals surface area contributed by atoms with E-state index in [2.05, 4.69) is 0 Å². The van der Waals surface area contributed by atoms with E-state index in [-0.39, 0.29) is 24.0 Å². The van der Waals surface area contributed by atoms with Crippen LogP contribution in [0.4, 0.5) is 10.1 Å². The number of amides is 1. The monoisotopic (exact) mass is 390 g/mol. The summed E-state index contributed by atoms with van der Waals surface area (Å²) in [5, 5.41) is 0. The Hall–Kier alpha value is -2.41. The largest absolute Gasteiger partial charge is 0.337 e. The lowest BCUT2D eigenvalue weighted by Crippen LogP contribution is -2.38. The zero-order chi connectivity index (χ0) is 19.6. The highest BCUT2D eigenvalue weighted by atomic mass is 32.2. The number of hydrogen-bond acceptors (Lipinski definition) is 3. The summed E-state index contributed by atoms with van der Waals surface area (Å²) < 4.78 is 39.6. The van der Waals surface area contributed by atoms with Crippen LogP contribution in [0.25, 0.3) is 0 Å². The maximum atomic E-state index is 13.4. The molecule has 0 radical (unpaired) electrons. The van der Waals surface area contributed by atoms with Gasteiger partial charge >= 0.3 is 0 Å². The molecule has 3 rings (SSSR count). The Labute approximate surface area is 159 Å². The van der Waals surface area contributed by atoms with Gasteiger partial charge in [-0.2, -0.15) is 0 Å². The minimum atomic E-state index is -3.35. The van der Waals surface area contributed by atoms with Crippen molar-refractivity contribution in [2.45, 2.75) is 26.3 Å². The van der Waals surface area contributed by atoms with Gasteiger partial charge in [-0.05, 0) is 55.2 Å². The highest BCUT2D eigenvalue weighted by Gasteiger charge is 2.28. The number of halogens is 1. The van der Waals surface area contributed by atoms with E-state index in [0.717, 1.165) is 12.0 Å². The number of nitrogens with zero attached hydrogens (tertiary/aromatic N) is 2. The summed E-state index contributed by atoms with van der Waals surface area (Å²) in [6, 6.07) is 11.2. The van der Waals surface area contributed by atoms with Crippen LogP contribution in [0.2, 0.25) is 0 Å². The molecule has 2 aromatic rings. The number of carbonyl (C=O) groups excluding carboxylic acids is 1. The van der Waals surface area contributed by atoms with Crippen molar-refractivity contribution >= 4 is 21.6 Å². The molecule has 0 aliphatic carbocycles. The van der Waals surface area contributed by atoms with Gasteiger partial charge in [0.2, 0.25) is 10.0 Å². The highest BCUT2D eigenvalue weighted by molar-refractivity contribution is 7.92. The number of anilines is 1. The molecule has 144 valence electrons. The van der Waals surface area contributed by atoms with E-state index >= 15 is 0 Å². The quantitative estimate of drug-likeness (QED) is 0.805. The lowest BCUT2D eigenvalue weighted by molar-refractivity contribution is 0.0785. The normalized spacial score (nSPS) is 16.2. The Bertz CT molecular complexity index is 959. The number of carbonyl (C=O) groups is 1. The third kappa shape index (κ3) is 4.30. The fraction of sp³-hybridized carbons (Fsp3) is 0.350. The molecule has 0 atom stereocenters. The van der Waals surface area contributed by atoms with Crippen LogP contribution in [0.5, 0.6) is 0 Å². The molecule has 2 aromatic carbocycles. The van der Waals surface area contributed by atoms with Crippen LogP contribution in [-0.4, -0.2) is 38.6 Å². The maximum absolute atomic E-state index is 13.4. The number of benzene rings is 2. The first-order valence-corrected chi connectivity index (χ1v) is 10.5. The summed E-state index contributed by atoms with van der Waals surface area (Å²) in [5.74, 6) is -0.458. The first-order chi connectivity index (χ1) is 12.8. The van der Waals surface area contributed by atoms with E-state index in [4.69, 9.17) is 0 Å². The zero-order valence-corrected chi connectivity index (χ0v) is 16.3. The van der Waals surface area contributed by atoms with Crippen LogP contribution >= 0.6 is 0 Å². The van der Waals surface area contributed by atoms with Gasteiger partial charge < -0.3 is 4.90 Å². The summed E-state index contributed by atoms with van der Waals surface area (Å²) in [7, 11) is -1.71. The minimum absolute atomic E-state index is 0.129. The van der Waals surface area contributed by atoms with E-state index in [1.54, 1.807) is 37.4 Å². The van der Waals surface area contributed by atoms with E-state index in [1.807, 2.05) is 6.92 Å². The van der Waals surface area contributed by atoms with Gasteiger partial charge in [-0.1, -0.05) is 18.2 Å². The number of aryl methyl sites for hydroxylation is 1. The number of rotatable bonds is 4. The van der Waals surface area contributed by atoms with Gasteiger partial charge in [0.15, 0.2) is 0 Å². The van der Waals surface area contributed by atoms with Crippen molar-refractivity contribution in [1.82, 2.24) is 4.90 Å². The lowest BCUT2D eigenvalue weighted by atomic mass is 10.1. The molecule has 27 heavy (non-hydrogen) atoms. The van der Waals surface area contributed by atoms with Crippen molar-refractivity contribution in [3.8, 4) is 0 Å². The summed E-state index contributed by atoms with van der Waals surface area (Å²) in [6.45, 7) is 2.53. The molecule has 1 amide bonds. The SMILES string of the molecule is Cc1ccc(C(=O)N(C)Cc2cccc(F)c2)cc1N1CCCCS1(=O)=O. The zero-order valence-electron chi connectivity index (χ0n) is 15.5. The van der Waals surface area contributed by atoms with Gasteiger partial charge in [0.1, 0.15) is 5.82 Å². The Morgan fingerprint density at radius 2 is 1.96 bits per heavy atom. The van der Waals surface area contributed by atoms with E-state index < -0.39 is 10.0 Å². The third-order valence-electron chi connectivity index (χ3n) is 4.73. The molecule has 1 fully saturated rings. The molecular weight excluding hydrogens is 367 g/mol. The molecule has 0 bridgehead atoms. The van der Waals surface area contributed by atoms with Crippen LogP contribution in [-0.2, 0) is 16.6 Å². The van der Waals surface area contributed by atoms with Crippen LogP contribution < -0.4 is 4.31 Å². The minimum Gasteiger partial charge on any atom is -0.337 e. The predicted molar refractivity (Wildman–Crippen MR) is 104 cm³/mol. The van der Waals surface area contributed by atoms with Crippen molar-refractivity contribution in [2.24, 2.45) is 0 Å². The van der Waals surface area contributed by atoms with Gasteiger partial charge in [-0.15, -0.1) is 0 Å². The van der Waals surface area contributed by atoms with E-state index in [9.17, 15) is 17.6 Å². The van der Waals surface area contributed by atoms with Crippen molar-refractivity contribution < 1.29 is 17.6 Å². The van der Waals surface area contributed by atoms with E-state index in [1.165, 1.54) is 21.3 Å². The predicted octanol–water partition coefficient (Wildman–Crippen LogP) is 3.34. The molecule has 5 nitrogen and oxygen atoms in total. The standard InChI is InChI=1S/C20H23FN2O3S/c1-15-8-9-17(13-19(15)23-10-3-4-11-27(23,25)26)20(24)22(2)14-16-6-5-7-18(21)12-16/h5-9,12-13H,3-4,10-11,14H2,1-2H3. The van der Waals surface area contributed by atoms with Gasteiger partial charge in [-0.3, -0.25) is 9.10 Å². The number of sulfonamides is 1. The van der Waals surface area contributed by atoms with Gasteiger partial charge in [0, 0.05) is 25.7 Å². The molecular formula is C20H23FN2O3S. The first kappa shape index (κ1) is 19.4. The second-order valence-corrected chi connectivity index (χ2v) is 8.90. The maximum Gasteiger partial charge on any atom is 0.253 e. The van der Waals surface area contributed by atoms with Crippen molar-refractivity contribution in [3.63, 3.8) is 0 Å². The fourth-order valence-corrected chi connectivity index (χ4v) is 4.96. The van der Waals surface area contributed by atoms with Crippen molar-refractivity contribution in [2.75, 3.05) is 23.7 Å². The molecule has 1 aliphatic rings. The smallest absolute Gasteiger partial charge is 0.253 e. The van der Waals surface area contributed by atoms with Gasteiger partial charge in [0.05, 0.1) is 11.4 Å². The van der Waals surface area contributed by atoms with Crippen molar-refractivity contribution in [1.29, 1.82) is 0 Å². The summed E-state index contributed by atoms with van der Waals surface area (Å²) in [5.41, 5.74) is 2.47. The number of hydrogen-bond donors (Lipinski definition) is 0. The Kier molecular flexibility index (Phi) is 5.51. The molecule has 0 unspecified atom stereocenters. The lowest BCUT2D eigenvalue weighted by Gasteiger charge is -2.30. The second kappa shape index (κ2) is 7.68. The highest BCUT2D eigenvalue weighted by Crippen LogP contribution is 2.28. The Morgan fingerprint density at radius 3 is 2.67 bits per heavy atom. The fourth-order valence-electron chi connectivity index (χ4n) is 3.27. The average Bonchev–Trinajstić information content (AvgIpc) is 2.61. The molecule has 0 aromatic heterocycles. The molecule has 0 N–H and O–H groups in total. The molecule has 1 heterocycles. The van der Waals surface area contributed by atoms with Crippen LogP contribution in [0.15, 0.2) is 42.5 Å². The Balaban J connectivity index is 1.85. The Morgan fingerprint density at radius 1 is 1.19 bits per heavy atom. The molecule has 7 heteroatoms. The van der Waals surface area contributed by atoms with Crippen molar-refractivity contribution in [3.05, 3.63) is 65.0 Å². The molecule has 0 saturated carbocycles. The molecule has 0 spiro atoms. The molecule has 1 saturated heterocycles. The van der Waals surface area contributed by atoms with E-state index in [0.29, 0.717) is 29.8 Å². The molecule has 1 aliphatic heterocycles. The van der Waals surface area contributed by atoms with Crippen LogP contribution in [0, 0.1) is 12.7 Å². The average molecular weight is 390 g/mol. The van der Waals surface area contributed by atoms with Gasteiger partial charge in [-0.25, -0.2) is 12.8 Å². The first-order valence-electron chi connectivity index (χ1n) is 8.89. The van der Waals surface area contributed by atoms with Crippen LogP contribution in [0.1, 0.15) is 34.3 Å². The third-order valence-corrected chi connectivity index (χ3v) is 6.58. The summed E-state index contributed by atoms with van der Waals surface area (Å²) in [6.07, 6.45) is 1.46. The summed E-state index contributed by atoms with van der Waals surface area (Å²) in [4.78, 5) is 14.3. The van der Waals surface area contributed by atoms with Gasteiger partial charge in [0.25, 0.3) is 5.91 Å². The van der Waals surface area contributed by atoms with Crippen LogP contribution in [0.3, 0.4) is 0 Å². The summed E-state index contributed by atoms with van der Waals surface area (Å²) >= 11 is 0. The topological polar surface area (TPSA) is 57.7 Å². The second-order valence-electron chi connectivity index (χ2n) is 6.89.